The first kappa shape index (κ1) is 24.4. The van der Waals surface area contributed by atoms with Crippen molar-refractivity contribution in [2.45, 2.75) is 53.0 Å². The number of hydrogen-bond donors (Lipinski definition) is 1. The largest absolute Gasteiger partial charge is 0.493 e. The smallest absolute Gasteiger partial charge is 0.308 e. The van der Waals surface area contributed by atoms with Crippen LogP contribution in [0.1, 0.15) is 50.7 Å². The summed E-state index contributed by atoms with van der Waals surface area (Å²) in [6.07, 6.45) is 16.8. The van der Waals surface area contributed by atoms with Crippen LogP contribution in [0.2, 0.25) is 0 Å². The molecule has 1 N–H and O–H groups in total. The van der Waals surface area contributed by atoms with Crippen molar-refractivity contribution in [1.82, 2.24) is 5.32 Å². The molecule has 0 spiro atoms. The van der Waals surface area contributed by atoms with Crippen molar-refractivity contribution in [3.63, 3.8) is 0 Å². The van der Waals surface area contributed by atoms with Crippen LogP contribution in [0.5, 0.6) is 11.5 Å². The number of esters is 1. The van der Waals surface area contributed by atoms with Crippen molar-refractivity contribution in [3.8, 4) is 11.5 Å². The van der Waals surface area contributed by atoms with Crippen LogP contribution in [-0.2, 0) is 11.3 Å². The lowest BCUT2D eigenvalue weighted by atomic mass is 10.1. The first-order chi connectivity index (χ1) is 14.0. The lowest BCUT2D eigenvalue weighted by molar-refractivity contribution is -0.132. The number of nitrogens with one attached hydrogen (secondary N) is 1. The predicted octanol–water partition coefficient (Wildman–Crippen LogP) is 5.82. The summed E-state index contributed by atoms with van der Waals surface area (Å²) in [5.41, 5.74) is 3.26. The number of unbranched alkanes of at least 4 members (excludes halogenated alkanes) is 3. The van der Waals surface area contributed by atoms with E-state index in [1.165, 1.54) is 25.3 Å². The minimum atomic E-state index is -0.345. The standard InChI is InChI=1S/C25H35NO3/c1-6-7-11-14-20(2)15-12-9-8-10-13-16-26-19-23-17-21(3)25(29-22(4)27)24(18-23)28-5/h6-7,11-12,14-15,17-18,26H,1,8-10,13,16,19H2,2-5H3/b11-7-,15-12?,20-14+. The van der Waals surface area contributed by atoms with Crippen LogP contribution < -0.4 is 14.8 Å². The number of allylic oxidation sites excluding steroid dienone is 7. The second-order valence-corrected chi connectivity index (χ2v) is 7.00. The molecule has 0 aromatic heterocycles. The Morgan fingerprint density at radius 3 is 2.66 bits per heavy atom. The molecule has 1 aromatic rings. The van der Waals surface area contributed by atoms with Gasteiger partial charge in [0.05, 0.1) is 7.11 Å². The van der Waals surface area contributed by atoms with Crippen LogP contribution >= 0.6 is 0 Å². The van der Waals surface area contributed by atoms with Crippen molar-refractivity contribution < 1.29 is 14.3 Å². The Balaban J connectivity index is 2.29. The molecule has 0 fully saturated rings. The summed E-state index contributed by atoms with van der Waals surface area (Å²) in [7, 11) is 1.59. The number of rotatable bonds is 13. The summed E-state index contributed by atoms with van der Waals surface area (Å²) in [6, 6.07) is 3.95. The molecular formula is C25H35NO3. The van der Waals surface area contributed by atoms with Gasteiger partial charge in [-0.25, -0.2) is 0 Å². The van der Waals surface area contributed by atoms with Crippen LogP contribution in [0, 0.1) is 6.92 Å². The number of ether oxygens (including phenoxy) is 2. The van der Waals surface area contributed by atoms with E-state index in [2.05, 4.69) is 37.0 Å². The van der Waals surface area contributed by atoms with E-state index in [-0.39, 0.29) is 5.97 Å². The van der Waals surface area contributed by atoms with E-state index in [0.29, 0.717) is 11.5 Å². The molecule has 1 aromatic carbocycles. The predicted molar refractivity (Wildman–Crippen MR) is 121 cm³/mol. The maximum absolute atomic E-state index is 11.2. The molecule has 0 saturated carbocycles. The Hall–Kier alpha value is -2.59. The molecule has 29 heavy (non-hydrogen) atoms. The highest BCUT2D eigenvalue weighted by atomic mass is 16.6. The first-order valence-electron chi connectivity index (χ1n) is 10.2. The number of benzene rings is 1. The summed E-state index contributed by atoms with van der Waals surface area (Å²) in [6.45, 7) is 10.8. The van der Waals surface area contributed by atoms with Crippen LogP contribution in [-0.4, -0.2) is 19.6 Å². The molecule has 1 rings (SSSR count). The Kier molecular flexibility index (Phi) is 12.2. The molecule has 0 atom stereocenters. The monoisotopic (exact) mass is 397 g/mol. The van der Waals surface area contributed by atoms with Gasteiger partial charge in [0.1, 0.15) is 0 Å². The summed E-state index contributed by atoms with van der Waals surface area (Å²) >= 11 is 0. The SMILES string of the molecule is C=C/C=C\C=C(/C)C=CCCCCCNCc1cc(C)c(OC(C)=O)c(OC)c1. The number of carbonyl (C=O) groups excluding carboxylic acids is 1. The average Bonchev–Trinajstić information content (AvgIpc) is 2.68. The minimum Gasteiger partial charge on any atom is -0.493 e. The molecule has 0 amide bonds. The highest BCUT2D eigenvalue weighted by molar-refractivity contribution is 5.71. The molecule has 0 aliphatic rings. The quantitative estimate of drug-likeness (QED) is 0.197. The van der Waals surface area contributed by atoms with Crippen molar-refractivity contribution in [3.05, 3.63) is 71.9 Å². The highest BCUT2D eigenvalue weighted by Gasteiger charge is 2.12. The maximum atomic E-state index is 11.2. The molecule has 0 unspecified atom stereocenters. The summed E-state index contributed by atoms with van der Waals surface area (Å²) in [4.78, 5) is 11.2. The van der Waals surface area contributed by atoms with E-state index in [1.54, 1.807) is 13.2 Å². The van der Waals surface area contributed by atoms with E-state index in [4.69, 9.17) is 9.47 Å². The van der Waals surface area contributed by atoms with Gasteiger partial charge in [-0.1, -0.05) is 61.1 Å². The zero-order valence-electron chi connectivity index (χ0n) is 18.3. The van der Waals surface area contributed by atoms with Crippen molar-refractivity contribution >= 4 is 5.97 Å². The normalized spacial score (nSPS) is 11.9. The van der Waals surface area contributed by atoms with E-state index >= 15 is 0 Å². The molecule has 158 valence electrons. The van der Waals surface area contributed by atoms with Gasteiger partial charge in [-0.2, -0.15) is 0 Å². The van der Waals surface area contributed by atoms with Gasteiger partial charge in [0.2, 0.25) is 0 Å². The van der Waals surface area contributed by atoms with Crippen molar-refractivity contribution in [2.24, 2.45) is 0 Å². The van der Waals surface area contributed by atoms with E-state index in [1.807, 2.05) is 31.2 Å². The average molecular weight is 398 g/mol. The van der Waals surface area contributed by atoms with E-state index in [9.17, 15) is 4.79 Å². The summed E-state index contributed by atoms with van der Waals surface area (Å²) < 4.78 is 10.6. The lowest BCUT2D eigenvalue weighted by Gasteiger charge is -2.13. The Morgan fingerprint density at radius 2 is 1.97 bits per heavy atom. The molecular weight excluding hydrogens is 362 g/mol. The number of aryl methyl sites for hydroxylation is 1. The summed E-state index contributed by atoms with van der Waals surface area (Å²) in [5, 5.41) is 3.47. The van der Waals surface area contributed by atoms with Gasteiger partial charge in [0.25, 0.3) is 0 Å². The molecule has 0 saturated heterocycles. The topological polar surface area (TPSA) is 47.6 Å². The Bertz CT molecular complexity index is 745. The van der Waals surface area contributed by atoms with Gasteiger partial charge < -0.3 is 14.8 Å². The Labute approximate surface area is 176 Å². The maximum Gasteiger partial charge on any atom is 0.308 e. The van der Waals surface area contributed by atoms with Crippen LogP contribution in [0.4, 0.5) is 0 Å². The fourth-order valence-electron chi connectivity index (χ4n) is 2.87. The fourth-order valence-corrected chi connectivity index (χ4v) is 2.87. The molecule has 4 heteroatoms. The third-order valence-corrected chi connectivity index (χ3v) is 4.31. The van der Waals surface area contributed by atoms with Crippen LogP contribution in [0.25, 0.3) is 0 Å². The summed E-state index contributed by atoms with van der Waals surface area (Å²) in [5.74, 6) is 0.745. The van der Waals surface area contributed by atoms with Gasteiger partial charge in [-0.3, -0.25) is 4.79 Å². The highest BCUT2D eigenvalue weighted by Crippen LogP contribution is 2.32. The number of methoxy groups -OCH3 is 1. The number of hydrogen-bond acceptors (Lipinski definition) is 4. The Morgan fingerprint density at radius 1 is 1.17 bits per heavy atom. The third-order valence-electron chi connectivity index (χ3n) is 4.31. The van der Waals surface area contributed by atoms with Gasteiger partial charge in [0.15, 0.2) is 11.5 Å². The molecule has 0 radical (unpaired) electrons. The van der Waals surface area contributed by atoms with E-state index in [0.717, 1.165) is 37.1 Å². The molecule has 0 aliphatic carbocycles. The van der Waals surface area contributed by atoms with Gasteiger partial charge in [-0.15, -0.1) is 0 Å². The van der Waals surface area contributed by atoms with Crippen molar-refractivity contribution in [1.29, 1.82) is 0 Å². The molecule has 0 aliphatic heterocycles. The van der Waals surface area contributed by atoms with E-state index < -0.39 is 0 Å². The third kappa shape index (κ3) is 10.5. The van der Waals surface area contributed by atoms with Crippen molar-refractivity contribution in [2.75, 3.05) is 13.7 Å². The van der Waals surface area contributed by atoms with Crippen LogP contribution in [0.15, 0.2) is 60.7 Å². The second-order valence-electron chi connectivity index (χ2n) is 7.00. The zero-order chi connectivity index (χ0) is 21.5. The number of carbonyl (C=O) groups is 1. The second kappa shape index (κ2) is 14.4. The molecule has 4 nitrogen and oxygen atoms in total. The molecule has 0 heterocycles. The van der Waals surface area contributed by atoms with Crippen LogP contribution in [0.3, 0.4) is 0 Å². The molecule has 0 bridgehead atoms. The van der Waals surface area contributed by atoms with Gasteiger partial charge in [-0.05, 0) is 56.8 Å². The minimum absolute atomic E-state index is 0.345. The first-order valence-corrected chi connectivity index (χ1v) is 10.2. The fraction of sp³-hybridized carbons (Fsp3) is 0.400. The zero-order valence-corrected chi connectivity index (χ0v) is 18.3. The lowest BCUT2D eigenvalue weighted by Crippen LogP contribution is -2.15. The van der Waals surface area contributed by atoms with Gasteiger partial charge in [0, 0.05) is 13.5 Å². The van der Waals surface area contributed by atoms with Gasteiger partial charge >= 0.3 is 5.97 Å².